The van der Waals surface area contributed by atoms with E-state index in [2.05, 4.69) is 19.7 Å². The molecule has 0 spiro atoms. The van der Waals surface area contributed by atoms with E-state index in [-0.39, 0.29) is 17.0 Å². The van der Waals surface area contributed by atoms with Crippen molar-refractivity contribution in [3.05, 3.63) is 63.7 Å². The molecule has 4 aromatic rings. The summed E-state index contributed by atoms with van der Waals surface area (Å²) >= 11 is 1.36. The number of nitrogens with zero attached hydrogens (tertiary/aromatic N) is 2. The molecule has 0 atom stereocenters. The topological polar surface area (TPSA) is 118 Å². The summed E-state index contributed by atoms with van der Waals surface area (Å²) in [6, 6.07) is 7.89. The maximum absolute atomic E-state index is 12.5. The summed E-state index contributed by atoms with van der Waals surface area (Å²) in [5.74, 6) is -0.631. The van der Waals surface area contributed by atoms with E-state index < -0.39 is 15.8 Å². The van der Waals surface area contributed by atoms with Gasteiger partial charge in [-0.2, -0.15) is 0 Å². The van der Waals surface area contributed by atoms with Gasteiger partial charge in [-0.05, 0) is 24.3 Å². The molecule has 0 aliphatic carbocycles. The van der Waals surface area contributed by atoms with Crippen LogP contribution in [-0.4, -0.2) is 23.4 Å². The van der Waals surface area contributed by atoms with Crippen LogP contribution in [0.3, 0.4) is 0 Å². The summed E-state index contributed by atoms with van der Waals surface area (Å²) in [4.78, 5) is 22.1. The lowest BCUT2D eigenvalue weighted by Crippen LogP contribution is -2.23. The van der Waals surface area contributed by atoms with Crippen molar-refractivity contribution in [2.75, 3.05) is 0 Å². The van der Waals surface area contributed by atoms with E-state index in [4.69, 9.17) is 4.42 Å². The Morgan fingerprint density at radius 2 is 2.15 bits per heavy atom. The highest BCUT2D eigenvalue weighted by Gasteiger charge is 2.17. The quantitative estimate of drug-likeness (QED) is 0.541. The number of aromatic nitrogens is 3. The van der Waals surface area contributed by atoms with Gasteiger partial charge in [-0.25, -0.2) is 22.9 Å². The molecule has 3 aromatic heterocycles. The lowest BCUT2D eigenvalue weighted by Gasteiger charge is -2.05. The molecule has 0 saturated carbocycles. The number of thiazole rings is 1. The second kappa shape index (κ2) is 6.48. The Balaban J connectivity index is 1.52. The zero-order valence-electron chi connectivity index (χ0n) is 13.2. The first-order valence-corrected chi connectivity index (χ1v) is 9.85. The highest BCUT2D eigenvalue weighted by atomic mass is 32.2. The number of oxazole rings is 1. The number of pyridine rings is 1. The number of sulfonamides is 1. The van der Waals surface area contributed by atoms with Crippen molar-refractivity contribution in [1.82, 2.24) is 19.7 Å². The maximum atomic E-state index is 12.5. The standard InChI is InChI=1S/C16H12N4O4S2/c21-16-20-12-4-3-11(6-14(12)24-16)26(22,23)18-8-15-19-13(9-25-15)10-2-1-5-17-7-10/h1-7,9,18H,8H2,(H,20,21). The van der Waals surface area contributed by atoms with Gasteiger partial charge in [-0.3, -0.25) is 9.97 Å². The van der Waals surface area contributed by atoms with Crippen LogP contribution in [0.5, 0.6) is 0 Å². The molecular weight excluding hydrogens is 376 g/mol. The van der Waals surface area contributed by atoms with Gasteiger partial charge < -0.3 is 4.42 Å². The van der Waals surface area contributed by atoms with Crippen molar-refractivity contribution in [2.45, 2.75) is 11.4 Å². The van der Waals surface area contributed by atoms with Gasteiger partial charge in [0.1, 0.15) is 5.01 Å². The molecule has 1 aromatic carbocycles. The van der Waals surface area contributed by atoms with E-state index in [0.29, 0.717) is 10.5 Å². The van der Waals surface area contributed by atoms with E-state index in [9.17, 15) is 13.2 Å². The molecule has 0 aliphatic heterocycles. The highest BCUT2D eigenvalue weighted by Crippen LogP contribution is 2.21. The SMILES string of the molecule is O=c1[nH]c2ccc(S(=O)(=O)NCc3nc(-c4cccnc4)cs3)cc2o1. The van der Waals surface area contributed by atoms with Gasteiger partial charge >= 0.3 is 5.76 Å². The van der Waals surface area contributed by atoms with E-state index in [0.717, 1.165) is 11.3 Å². The monoisotopic (exact) mass is 388 g/mol. The summed E-state index contributed by atoms with van der Waals surface area (Å²) in [5, 5.41) is 2.47. The number of rotatable bonds is 5. The fourth-order valence-electron chi connectivity index (χ4n) is 2.37. The predicted molar refractivity (Wildman–Crippen MR) is 96.2 cm³/mol. The summed E-state index contributed by atoms with van der Waals surface area (Å²) in [6.45, 7) is 0.0579. The molecule has 10 heteroatoms. The molecule has 2 N–H and O–H groups in total. The molecule has 0 unspecified atom stereocenters. The van der Waals surface area contributed by atoms with Crippen LogP contribution in [0.15, 0.2) is 62.2 Å². The van der Waals surface area contributed by atoms with Crippen molar-refractivity contribution in [1.29, 1.82) is 0 Å². The van der Waals surface area contributed by atoms with Gasteiger partial charge in [0.25, 0.3) is 0 Å². The molecule has 0 bridgehead atoms. The third-order valence-corrected chi connectivity index (χ3v) is 5.87. The van der Waals surface area contributed by atoms with E-state index in [1.807, 2.05) is 17.5 Å². The molecule has 8 nitrogen and oxygen atoms in total. The van der Waals surface area contributed by atoms with Crippen LogP contribution in [0.2, 0.25) is 0 Å². The first-order valence-electron chi connectivity index (χ1n) is 7.49. The number of hydrogen-bond donors (Lipinski definition) is 2. The third kappa shape index (κ3) is 3.29. The first kappa shape index (κ1) is 16.6. The average molecular weight is 388 g/mol. The van der Waals surface area contributed by atoms with Crippen LogP contribution in [0.1, 0.15) is 5.01 Å². The number of benzene rings is 1. The number of H-pyrrole nitrogens is 1. The Morgan fingerprint density at radius 1 is 1.27 bits per heavy atom. The lowest BCUT2D eigenvalue weighted by molar-refractivity contribution is 0.553. The van der Waals surface area contributed by atoms with Crippen LogP contribution < -0.4 is 10.5 Å². The zero-order valence-corrected chi connectivity index (χ0v) is 14.8. The van der Waals surface area contributed by atoms with Crippen molar-refractivity contribution in [3.63, 3.8) is 0 Å². The van der Waals surface area contributed by atoms with Gasteiger partial charge in [0, 0.05) is 29.4 Å². The average Bonchev–Trinajstić information content (AvgIpc) is 3.25. The van der Waals surface area contributed by atoms with Crippen LogP contribution in [-0.2, 0) is 16.6 Å². The molecule has 0 fully saturated rings. The largest absolute Gasteiger partial charge is 0.417 e. The molecule has 3 heterocycles. The van der Waals surface area contributed by atoms with E-state index >= 15 is 0 Å². The highest BCUT2D eigenvalue weighted by molar-refractivity contribution is 7.89. The molecular formula is C16H12N4O4S2. The zero-order chi connectivity index (χ0) is 18.1. The molecule has 132 valence electrons. The van der Waals surface area contributed by atoms with Gasteiger partial charge in [0.2, 0.25) is 10.0 Å². The van der Waals surface area contributed by atoms with Crippen molar-refractivity contribution >= 4 is 32.5 Å². The van der Waals surface area contributed by atoms with Gasteiger partial charge in [0.05, 0.1) is 22.7 Å². The molecule has 4 rings (SSSR count). The second-order valence-electron chi connectivity index (χ2n) is 5.37. The molecule has 0 aliphatic rings. The Labute approximate surface area is 151 Å². The molecule has 0 saturated heterocycles. The minimum absolute atomic E-state index is 0.0109. The second-order valence-corrected chi connectivity index (χ2v) is 8.07. The normalized spacial score (nSPS) is 11.8. The van der Waals surface area contributed by atoms with Crippen molar-refractivity contribution < 1.29 is 12.8 Å². The summed E-state index contributed by atoms with van der Waals surface area (Å²) < 4.78 is 32.3. The Morgan fingerprint density at radius 3 is 2.96 bits per heavy atom. The Kier molecular flexibility index (Phi) is 4.15. The van der Waals surface area contributed by atoms with Gasteiger partial charge in [0.15, 0.2) is 5.58 Å². The van der Waals surface area contributed by atoms with Crippen LogP contribution >= 0.6 is 11.3 Å². The van der Waals surface area contributed by atoms with Gasteiger partial charge in [-0.1, -0.05) is 0 Å². The smallest absolute Gasteiger partial charge is 0.408 e. The minimum atomic E-state index is -3.77. The Bertz CT molecular complexity index is 1230. The van der Waals surface area contributed by atoms with Crippen LogP contribution in [0.4, 0.5) is 0 Å². The van der Waals surface area contributed by atoms with E-state index in [1.54, 1.807) is 12.4 Å². The minimum Gasteiger partial charge on any atom is -0.408 e. The number of hydrogen-bond acceptors (Lipinski definition) is 7. The lowest BCUT2D eigenvalue weighted by atomic mass is 10.2. The van der Waals surface area contributed by atoms with Crippen LogP contribution in [0.25, 0.3) is 22.4 Å². The summed E-state index contributed by atoms with van der Waals surface area (Å²) in [7, 11) is -3.77. The van der Waals surface area contributed by atoms with E-state index in [1.165, 1.54) is 29.5 Å². The van der Waals surface area contributed by atoms with Gasteiger partial charge in [-0.15, -0.1) is 11.3 Å². The van der Waals surface area contributed by atoms with Crippen molar-refractivity contribution in [2.24, 2.45) is 0 Å². The molecule has 26 heavy (non-hydrogen) atoms. The van der Waals surface area contributed by atoms with Crippen molar-refractivity contribution in [3.8, 4) is 11.3 Å². The number of aromatic amines is 1. The fraction of sp³-hybridized carbons (Fsp3) is 0.0625. The fourth-order valence-corrected chi connectivity index (χ4v) is 4.21. The third-order valence-electron chi connectivity index (χ3n) is 3.63. The van der Waals surface area contributed by atoms with Crippen LogP contribution in [0, 0.1) is 0 Å². The number of fused-ring (bicyclic) bond motifs is 1. The first-order chi connectivity index (χ1) is 12.5. The number of nitrogens with one attached hydrogen (secondary N) is 2. The summed E-state index contributed by atoms with van der Waals surface area (Å²) in [6.07, 6.45) is 3.37. The Hall–Kier alpha value is -2.82. The molecule has 0 radical (unpaired) electrons. The summed E-state index contributed by atoms with van der Waals surface area (Å²) in [5.41, 5.74) is 2.24. The predicted octanol–water partition coefficient (Wildman–Crippen LogP) is 2.12. The molecule has 0 amide bonds. The maximum Gasteiger partial charge on any atom is 0.417 e.